The predicted octanol–water partition coefficient (Wildman–Crippen LogP) is 7.17. The fourth-order valence-corrected chi connectivity index (χ4v) is 5.10. The molecular formula is C27H48N2O2. The van der Waals surface area contributed by atoms with Crippen molar-refractivity contribution in [2.45, 2.75) is 128 Å². The lowest BCUT2D eigenvalue weighted by atomic mass is 9.92. The molecule has 0 amide bonds. The number of carboxylic acids is 1. The van der Waals surface area contributed by atoms with E-state index in [2.05, 4.69) is 34.6 Å². The van der Waals surface area contributed by atoms with Gasteiger partial charge in [0.15, 0.2) is 0 Å². The summed E-state index contributed by atoms with van der Waals surface area (Å²) in [7, 11) is 0. The maximum atomic E-state index is 10.4. The van der Waals surface area contributed by atoms with Crippen LogP contribution in [0.4, 0.5) is 0 Å². The van der Waals surface area contributed by atoms with Crippen LogP contribution in [0, 0.1) is 0 Å². The van der Waals surface area contributed by atoms with E-state index >= 15 is 0 Å². The van der Waals surface area contributed by atoms with Crippen molar-refractivity contribution in [1.82, 2.24) is 10.2 Å². The number of rotatable bonds is 17. The first-order valence-corrected chi connectivity index (χ1v) is 13.3. The number of unbranched alkanes of at least 4 members (excludes halogenated alkanes) is 11. The summed E-state index contributed by atoms with van der Waals surface area (Å²) in [5, 5.41) is 12.5. The second-order valence-electron chi connectivity index (χ2n) is 9.61. The summed E-state index contributed by atoms with van der Waals surface area (Å²) in [4.78, 5) is 13.1. The van der Waals surface area contributed by atoms with Gasteiger partial charge in [-0.15, -0.1) is 0 Å². The first kappa shape index (κ1) is 26.0. The van der Waals surface area contributed by atoms with E-state index in [0.717, 1.165) is 12.8 Å². The molecule has 2 aliphatic heterocycles. The Morgan fingerprint density at radius 1 is 0.903 bits per heavy atom. The van der Waals surface area contributed by atoms with Gasteiger partial charge >= 0.3 is 5.97 Å². The molecule has 1 fully saturated rings. The summed E-state index contributed by atoms with van der Waals surface area (Å²) in [6, 6.07) is 0. The zero-order valence-corrected chi connectivity index (χ0v) is 20.0. The minimum Gasteiger partial charge on any atom is -0.481 e. The Labute approximate surface area is 191 Å². The summed E-state index contributed by atoms with van der Waals surface area (Å²) >= 11 is 0. The average molecular weight is 433 g/mol. The molecule has 0 aromatic carbocycles. The molecular weight excluding hydrogens is 384 g/mol. The van der Waals surface area contributed by atoms with Gasteiger partial charge in [0.2, 0.25) is 0 Å². The van der Waals surface area contributed by atoms with E-state index < -0.39 is 5.97 Å². The molecule has 0 radical (unpaired) electrons. The van der Waals surface area contributed by atoms with E-state index in [1.165, 1.54) is 116 Å². The van der Waals surface area contributed by atoms with Crippen molar-refractivity contribution in [3.63, 3.8) is 0 Å². The van der Waals surface area contributed by atoms with E-state index in [4.69, 9.17) is 5.11 Å². The van der Waals surface area contributed by atoms with Crippen LogP contribution in [0.15, 0.2) is 24.4 Å². The summed E-state index contributed by atoms with van der Waals surface area (Å²) in [6.45, 7) is 2.41. The molecule has 1 atom stereocenters. The van der Waals surface area contributed by atoms with Gasteiger partial charge in [-0.1, -0.05) is 63.2 Å². The van der Waals surface area contributed by atoms with Crippen molar-refractivity contribution in [2.75, 3.05) is 13.1 Å². The quantitative estimate of drug-likeness (QED) is 0.189. The Morgan fingerprint density at radius 2 is 1.55 bits per heavy atom. The number of aliphatic carboxylic acids is 1. The molecule has 2 aliphatic rings. The number of hydrogen-bond donors (Lipinski definition) is 2. The van der Waals surface area contributed by atoms with Gasteiger partial charge in [0.25, 0.3) is 0 Å². The predicted molar refractivity (Wildman–Crippen MR) is 131 cm³/mol. The molecule has 1 unspecified atom stereocenters. The van der Waals surface area contributed by atoms with Crippen molar-refractivity contribution < 1.29 is 9.90 Å². The first-order chi connectivity index (χ1) is 15.2. The van der Waals surface area contributed by atoms with Gasteiger partial charge in [-0.2, -0.15) is 0 Å². The Balaban J connectivity index is 1.38. The van der Waals surface area contributed by atoms with Gasteiger partial charge in [-0.3, -0.25) is 10.1 Å². The van der Waals surface area contributed by atoms with Crippen LogP contribution in [0.5, 0.6) is 0 Å². The van der Waals surface area contributed by atoms with Crippen LogP contribution in [-0.4, -0.2) is 34.7 Å². The van der Waals surface area contributed by atoms with E-state index in [9.17, 15) is 4.79 Å². The summed E-state index contributed by atoms with van der Waals surface area (Å²) in [5.74, 6) is -0.664. The molecule has 4 nitrogen and oxygen atoms in total. The van der Waals surface area contributed by atoms with Gasteiger partial charge < -0.3 is 10.0 Å². The second-order valence-corrected chi connectivity index (χ2v) is 9.61. The lowest BCUT2D eigenvalue weighted by Gasteiger charge is -2.47. The Kier molecular flexibility index (Phi) is 13.7. The maximum Gasteiger partial charge on any atom is 0.303 e. The van der Waals surface area contributed by atoms with Gasteiger partial charge in [0.05, 0.1) is 5.66 Å². The molecule has 0 aromatic heterocycles. The molecule has 0 aromatic rings. The normalized spacial score (nSPS) is 21.4. The molecule has 2 N–H and O–H groups in total. The Hall–Kier alpha value is -1.29. The van der Waals surface area contributed by atoms with E-state index in [0.29, 0.717) is 6.42 Å². The van der Waals surface area contributed by atoms with Crippen LogP contribution in [0.1, 0.15) is 122 Å². The molecule has 31 heavy (non-hydrogen) atoms. The maximum absolute atomic E-state index is 10.4. The third kappa shape index (κ3) is 11.2. The molecule has 178 valence electrons. The smallest absolute Gasteiger partial charge is 0.303 e. The highest BCUT2D eigenvalue weighted by atomic mass is 16.4. The van der Waals surface area contributed by atoms with Crippen molar-refractivity contribution >= 4 is 5.97 Å². The van der Waals surface area contributed by atoms with Gasteiger partial charge in [0.1, 0.15) is 0 Å². The standard InChI is InChI=1S/C27H48N2O2/c30-26(31)20-15-12-10-8-6-4-2-1-3-5-7-9-11-13-16-21-27-22-17-14-18-24-29(27)25-19-23-28-27/h1-2,18,24,28H,3-17,19-23,25H2,(H,30,31). The highest BCUT2D eigenvalue weighted by molar-refractivity contribution is 5.66. The zero-order valence-electron chi connectivity index (χ0n) is 20.0. The van der Waals surface area contributed by atoms with Gasteiger partial charge in [-0.25, -0.2) is 0 Å². The molecule has 1 saturated heterocycles. The number of nitrogens with zero attached hydrogens (tertiary/aromatic N) is 1. The van der Waals surface area contributed by atoms with E-state index in [-0.39, 0.29) is 5.66 Å². The molecule has 0 spiro atoms. The van der Waals surface area contributed by atoms with Crippen LogP contribution < -0.4 is 5.32 Å². The van der Waals surface area contributed by atoms with Gasteiger partial charge in [-0.05, 0) is 83.4 Å². The van der Waals surface area contributed by atoms with Crippen molar-refractivity contribution in [2.24, 2.45) is 0 Å². The lowest BCUT2D eigenvalue weighted by molar-refractivity contribution is -0.137. The lowest BCUT2D eigenvalue weighted by Crippen LogP contribution is -2.60. The molecule has 2 rings (SSSR count). The van der Waals surface area contributed by atoms with E-state index in [1.54, 1.807) is 0 Å². The molecule has 0 saturated carbocycles. The second kappa shape index (κ2) is 16.4. The largest absolute Gasteiger partial charge is 0.481 e. The van der Waals surface area contributed by atoms with Gasteiger partial charge in [0, 0.05) is 13.0 Å². The zero-order chi connectivity index (χ0) is 22.0. The molecule has 2 heterocycles. The first-order valence-electron chi connectivity index (χ1n) is 13.3. The van der Waals surface area contributed by atoms with Crippen LogP contribution in [0.25, 0.3) is 0 Å². The highest BCUT2D eigenvalue weighted by Gasteiger charge is 2.36. The number of carboxylic acid groups (broad SMARTS) is 1. The summed E-state index contributed by atoms with van der Waals surface area (Å²) < 4.78 is 0. The van der Waals surface area contributed by atoms with Crippen LogP contribution >= 0.6 is 0 Å². The Morgan fingerprint density at radius 3 is 2.26 bits per heavy atom. The number of hydrogen-bond acceptors (Lipinski definition) is 3. The fourth-order valence-electron chi connectivity index (χ4n) is 5.10. The molecule has 0 bridgehead atoms. The number of fused-ring (bicyclic) bond motifs is 1. The molecule has 4 heteroatoms. The fraction of sp³-hybridized carbons (Fsp3) is 0.815. The minimum absolute atomic E-state index is 0.258. The third-order valence-corrected chi connectivity index (χ3v) is 6.97. The van der Waals surface area contributed by atoms with E-state index in [1.807, 2.05) is 0 Å². The van der Waals surface area contributed by atoms with Crippen LogP contribution in [0.2, 0.25) is 0 Å². The Bertz CT molecular complexity index is 531. The molecule has 0 aliphatic carbocycles. The highest BCUT2D eigenvalue weighted by Crippen LogP contribution is 2.31. The van der Waals surface area contributed by atoms with Crippen LogP contribution in [0.3, 0.4) is 0 Å². The number of allylic oxidation sites excluding steroid dienone is 3. The number of carbonyl (C=O) groups is 1. The van der Waals surface area contributed by atoms with Crippen LogP contribution in [-0.2, 0) is 4.79 Å². The third-order valence-electron chi connectivity index (χ3n) is 6.97. The number of nitrogens with one attached hydrogen (secondary N) is 1. The monoisotopic (exact) mass is 432 g/mol. The van der Waals surface area contributed by atoms with Crippen molar-refractivity contribution in [3.8, 4) is 0 Å². The SMILES string of the molecule is O=C(O)CCCCCCCC=CCCCCCCCCC12CCCC=CN1CCCN2. The van der Waals surface area contributed by atoms with Crippen molar-refractivity contribution in [3.05, 3.63) is 24.4 Å². The minimum atomic E-state index is -0.664. The summed E-state index contributed by atoms with van der Waals surface area (Å²) in [5.41, 5.74) is 0.258. The van der Waals surface area contributed by atoms with Crippen molar-refractivity contribution in [1.29, 1.82) is 0 Å². The average Bonchev–Trinajstić information content (AvgIpc) is 2.98. The topological polar surface area (TPSA) is 52.6 Å². The summed E-state index contributed by atoms with van der Waals surface area (Å²) in [6.07, 6.45) is 32.4.